The molecule has 5 nitrogen and oxygen atoms in total. The second kappa shape index (κ2) is 7.54. The largest absolute Gasteiger partial charge is 0.481 e. The van der Waals surface area contributed by atoms with E-state index in [9.17, 15) is 9.59 Å². The van der Waals surface area contributed by atoms with Crippen molar-refractivity contribution in [3.05, 3.63) is 22.4 Å². The van der Waals surface area contributed by atoms with Crippen LogP contribution < -0.4 is 5.32 Å². The average molecular weight is 314 g/mol. The molecule has 1 aromatic heterocycles. The number of urea groups is 1. The van der Waals surface area contributed by atoms with Crippen LogP contribution in [0.5, 0.6) is 0 Å². The van der Waals surface area contributed by atoms with E-state index in [0.29, 0.717) is 18.8 Å². The number of carbonyl (C=O) groups is 2. The van der Waals surface area contributed by atoms with Crippen molar-refractivity contribution in [1.82, 2.24) is 10.2 Å². The molecule has 1 atom stereocenters. The lowest BCUT2D eigenvalue weighted by molar-refractivity contribution is -0.137. The number of carboxylic acid groups (broad SMARTS) is 1. The summed E-state index contributed by atoms with van der Waals surface area (Å²) in [5, 5.41) is 15.9. The number of aliphatic carboxylic acids is 1. The van der Waals surface area contributed by atoms with Gasteiger partial charge in [0.2, 0.25) is 0 Å². The maximum Gasteiger partial charge on any atom is 0.317 e. The van der Waals surface area contributed by atoms with Crippen LogP contribution in [0.15, 0.2) is 16.8 Å². The van der Waals surface area contributed by atoms with Gasteiger partial charge in [0.25, 0.3) is 0 Å². The molecular formula is C13H18N2O3S2. The van der Waals surface area contributed by atoms with Gasteiger partial charge in [-0.2, -0.15) is 23.1 Å². The highest BCUT2D eigenvalue weighted by atomic mass is 32.2. The fourth-order valence-corrected chi connectivity index (χ4v) is 3.91. The SMILES string of the molecule is O=C(O)CC1CSCCN1C(=O)NCCc1ccsc1. The van der Waals surface area contributed by atoms with Gasteiger partial charge in [0.15, 0.2) is 0 Å². The van der Waals surface area contributed by atoms with Crippen LogP contribution in [0.1, 0.15) is 12.0 Å². The number of amides is 2. The Morgan fingerprint density at radius 3 is 3.05 bits per heavy atom. The molecule has 2 rings (SSSR count). The van der Waals surface area contributed by atoms with E-state index in [-0.39, 0.29) is 18.5 Å². The Hall–Kier alpha value is -1.21. The molecule has 0 aromatic carbocycles. The minimum Gasteiger partial charge on any atom is -0.481 e. The van der Waals surface area contributed by atoms with Gasteiger partial charge < -0.3 is 15.3 Å². The van der Waals surface area contributed by atoms with Gasteiger partial charge in [-0.25, -0.2) is 4.79 Å². The zero-order valence-corrected chi connectivity index (χ0v) is 12.7. The third kappa shape index (κ3) is 4.42. The number of hydrogen-bond donors (Lipinski definition) is 2. The van der Waals surface area contributed by atoms with Gasteiger partial charge in [-0.1, -0.05) is 0 Å². The Morgan fingerprint density at radius 1 is 1.50 bits per heavy atom. The molecule has 1 saturated heterocycles. The molecule has 1 aromatic rings. The van der Waals surface area contributed by atoms with Gasteiger partial charge in [-0.05, 0) is 28.8 Å². The molecular weight excluding hydrogens is 296 g/mol. The van der Waals surface area contributed by atoms with Crippen LogP contribution in [0.2, 0.25) is 0 Å². The standard InChI is InChI=1S/C13H18N2O3S2/c16-12(17)7-11-9-20-6-4-15(11)13(18)14-3-1-10-2-5-19-8-10/h2,5,8,11H,1,3-4,6-7,9H2,(H,14,18)(H,16,17). The van der Waals surface area contributed by atoms with E-state index in [1.807, 2.05) is 11.4 Å². The smallest absolute Gasteiger partial charge is 0.317 e. The van der Waals surface area contributed by atoms with Crippen molar-refractivity contribution in [2.24, 2.45) is 0 Å². The van der Waals surface area contributed by atoms with Crippen molar-refractivity contribution >= 4 is 35.1 Å². The number of nitrogens with one attached hydrogen (secondary N) is 1. The molecule has 110 valence electrons. The normalized spacial score (nSPS) is 18.8. The maximum atomic E-state index is 12.1. The van der Waals surface area contributed by atoms with Crippen molar-refractivity contribution in [3.63, 3.8) is 0 Å². The van der Waals surface area contributed by atoms with Gasteiger partial charge in [-0.15, -0.1) is 0 Å². The van der Waals surface area contributed by atoms with E-state index in [0.717, 1.165) is 12.2 Å². The molecule has 1 aliphatic heterocycles. The van der Waals surface area contributed by atoms with E-state index in [1.54, 1.807) is 28.0 Å². The summed E-state index contributed by atoms with van der Waals surface area (Å²) in [6.45, 7) is 1.20. The van der Waals surface area contributed by atoms with Gasteiger partial charge >= 0.3 is 12.0 Å². The molecule has 2 amide bonds. The molecule has 0 saturated carbocycles. The van der Waals surface area contributed by atoms with E-state index >= 15 is 0 Å². The molecule has 2 N–H and O–H groups in total. The number of carboxylic acids is 1. The Balaban J connectivity index is 1.81. The predicted octanol–water partition coefficient (Wildman–Crippen LogP) is 1.89. The number of carbonyl (C=O) groups excluding carboxylic acids is 1. The predicted molar refractivity (Wildman–Crippen MR) is 81.5 cm³/mol. The van der Waals surface area contributed by atoms with Crippen molar-refractivity contribution in [2.45, 2.75) is 18.9 Å². The highest BCUT2D eigenvalue weighted by molar-refractivity contribution is 7.99. The lowest BCUT2D eigenvalue weighted by Crippen LogP contribution is -2.51. The first-order valence-corrected chi connectivity index (χ1v) is 8.61. The van der Waals surface area contributed by atoms with E-state index < -0.39 is 5.97 Å². The Bertz CT molecular complexity index is 450. The van der Waals surface area contributed by atoms with Crippen molar-refractivity contribution in [1.29, 1.82) is 0 Å². The summed E-state index contributed by atoms with van der Waals surface area (Å²) in [4.78, 5) is 24.6. The summed E-state index contributed by atoms with van der Waals surface area (Å²) in [6.07, 6.45) is 0.826. The van der Waals surface area contributed by atoms with Crippen molar-refractivity contribution < 1.29 is 14.7 Å². The van der Waals surface area contributed by atoms with Crippen molar-refractivity contribution in [3.8, 4) is 0 Å². The lowest BCUT2D eigenvalue weighted by Gasteiger charge is -2.34. The first-order valence-electron chi connectivity index (χ1n) is 6.52. The molecule has 0 bridgehead atoms. The average Bonchev–Trinajstić information content (AvgIpc) is 2.91. The Morgan fingerprint density at radius 2 is 2.35 bits per heavy atom. The molecule has 0 spiro atoms. The zero-order valence-electron chi connectivity index (χ0n) is 11.1. The minimum atomic E-state index is -0.853. The second-order valence-corrected chi connectivity index (χ2v) is 6.56. The molecule has 20 heavy (non-hydrogen) atoms. The topological polar surface area (TPSA) is 69.6 Å². The second-order valence-electron chi connectivity index (χ2n) is 4.63. The Kier molecular flexibility index (Phi) is 5.72. The highest BCUT2D eigenvalue weighted by Crippen LogP contribution is 2.19. The quantitative estimate of drug-likeness (QED) is 0.871. The highest BCUT2D eigenvalue weighted by Gasteiger charge is 2.28. The first-order chi connectivity index (χ1) is 9.66. The monoisotopic (exact) mass is 314 g/mol. The molecule has 7 heteroatoms. The molecule has 1 unspecified atom stereocenters. The molecule has 1 aliphatic rings. The third-order valence-electron chi connectivity index (χ3n) is 3.17. The van der Waals surface area contributed by atoms with E-state index in [1.165, 1.54) is 5.56 Å². The van der Waals surface area contributed by atoms with Crippen LogP contribution >= 0.6 is 23.1 Å². The summed E-state index contributed by atoms with van der Waals surface area (Å²) in [7, 11) is 0. The van der Waals surface area contributed by atoms with Crippen LogP contribution in [-0.4, -0.2) is 52.6 Å². The first kappa shape index (κ1) is 15.2. The fourth-order valence-electron chi connectivity index (χ4n) is 2.14. The number of hydrogen-bond acceptors (Lipinski definition) is 4. The Labute approximate surface area is 126 Å². The molecule has 0 aliphatic carbocycles. The summed E-state index contributed by atoms with van der Waals surface area (Å²) in [5.74, 6) is 0.715. The molecule has 2 heterocycles. The fraction of sp³-hybridized carbons (Fsp3) is 0.538. The number of thioether (sulfide) groups is 1. The van der Waals surface area contributed by atoms with Gasteiger partial charge in [0, 0.05) is 24.6 Å². The number of thiophene rings is 1. The van der Waals surface area contributed by atoms with E-state index in [2.05, 4.69) is 10.7 Å². The van der Waals surface area contributed by atoms with Gasteiger partial charge in [0.05, 0.1) is 12.5 Å². The maximum absolute atomic E-state index is 12.1. The summed E-state index contributed by atoms with van der Waals surface area (Å²) in [5.41, 5.74) is 1.21. The molecule has 0 radical (unpaired) electrons. The number of rotatable bonds is 5. The van der Waals surface area contributed by atoms with Crippen LogP contribution in [0.3, 0.4) is 0 Å². The van der Waals surface area contributed by atoms with E-state index in [4.69, 9.17) is 5.11 Å². The summed E-state index contributed by atoms with van der Waals surface area (Å²) < 4.78 is 0. The van der Waals surface area contributed by atoms with Crippen LogP contribution in [-0.2, 0) is 11.2 Å². The van der Waals surface area contributed by atoms with Gasteiger partial charge in [-0.3, -0.25) is 4.79 Å². The number of nitrogens with zero attached hydrogens (tertiary/aromatic N) is 1. The minimum absolute atomic E-state index is 0.0188. The third-order valence-corrected chi connectivity index (χ3v) is 4.99. The van der Waals surface area contributed by atoms with Crippen LogP contribution in [0, 0.1) is 0 Å². The zero-order chi connectivity index (χ0) is 14.4. The van der Waals surface area contributed by atoms with Gasteiger partial charge in [0.1, 0.15) is 0 Å². The summed E-state index contributed by atoms with van der Waals surface area (Å²) >= 11 is 3.35. The van der Waals surface area contributed by atoms with Crippen molar-refractivity contribution in [2.75, 3.05) is 24.6 Å². The van der Waals surface area contributed by atoms with Crippen LogP contribution in [0.4, 0.5) is 4.79 Å². The molecule has 1 fully saturated rings. The lowest BCUT2D eigenvalue weighted by atomic mass is 10.2. The summed E-state index contributed by atoms with van der Waals surface area (Å²) in [6, 6.07) is 1.70. The van der Waals surface area contributed by atoms with Crippen LogP contribution in [0.25, 0.3) is 0 Å².